The third kappa shape index (κ3) is 7.81. The van der Waals surface area contributed by atoms with Crippen LogP contribution in [-0.2, 0) is 27.9 Å². The van der Waals surface area contributed by atoms with Gasteiger partial charge in [-0.15, -0.1) is 10.2 Å². The molecule has 37 heavy (non-hydrogen) atoms. The second-order valence-corrected chi connectivity index (χ2v) is 9.57. The predicted molar refractivity (Wildman–Crippen MR) is 141 cm³/mol. The van der Waals surface area contributed by atoms with E-state index in [4.69, 9.17) is 4.74 Å². The van der Waals surface area contributed by atoms with Gasteiger partial charge < -0.3 is 24.7 Å². The van der Waals surface area contributed by atoms with Crippen molar-refractivity contribution in [2.75, 3.05) is 24.8 Å². The fraction of sp³-hybridized carbons (Fsp3) is 0.346. The molecule has 0 saturated heterocycles. The second-order valence-electron chi connectivity index (χ2n) is 8.62. The molecule has 0 spiro atoms. The Morgan fingerprint density at radius 1 is 1.05 bits per heavy atom. The quantitative estimate of drug-likeness (QED) is 0.288. The first-order valence-electron chi connectivity index (χ1n) is 11.7. The van der Waals surface area contributed by atoms with E-state index in [0.29, 0.717) is 28.0 Å². The number of carbonyl (C=O) groups is 3. The van der Waals surface area contributed by atoms with Gasteiger partial charge in [-0.05, 0) is 54.3 Å². The fourth-order valence-corrected chi connectivity index (χ4v) is 4.10. The molecular formula is C26H31N5O5S. The van der Waals surface area contributed by atoms with E-state index in [2.05, 4.69) is 39.4 Å². The number of anilines is 1. The largest absolute Gasteiger partial charge is 0.483 e. The fourth-order valence-electron chi connectivity index (χ4n) is 3.37. The van der Waals surface area contributed by atoms with Gasteiger partial charge >= 0.3 is 5.97 Å². The molecule has 2 N–H and O–H groups in total. The Labute approximate surface area is 220 Å². The van der Waals surface area contributed by atoms with E-state index >= 15 is 0 Å². The van der Waals surface area contributed by atoms with Crippen molar-refractivity contribution in [3.8, 4) is 5.75 Å². The minimum atomic E-state index is -0.443. The Balaban J connectivity index is 1.46. The van der Waals surface area contributed by atoms with Crippen LogP contribution in [0.25, 0.3) is 0 Å². The number of esters is 1. The molecule has 0 radical (unpaired) electrons. The van der Waals surface area contributed by atoms with Crippen molar-refractivity contribution < 1.29 is 23.9 Å². The summed E-state index contributed by atoms with van der Waals surface area (Å²) in [4.78, 5) is 36.2. The molecule has 0 fully saturated rings. The summed E-state index contributed by atoms with van der Waals surface area (Å²) in [5.41, 5.74) is 3.08. The molecule has 196 valence electrons. The minimum absolute atomic E-state index is 0.108. The molecule has 0 aliphatic rings. The van der Waals surface area contributed by atoms with Gasteiger partial charge in [0.1, 0.15) is 5.75 Å². The van der Waals surface area contributed by atoms with Crippen LogP contribution in [0.1, 0.15) is 47.1 Å². The van der Waals surface area contributed by atoms with E-state index in [0.717, 1.165) is 11.1 Å². The summed E-state index contributed by atoms with van der Waals surface area (Å²) in [6, 6.07) is 12.4. The molecule has 0 aliphatic carbocycles. The number of aryl methyl sites for hydroxylation is 1. The van der Waals surface area contributed by atoms with Crippen LogP contribution in [0.4, 0.5) is 5.69 Å². The van der Waals surface area contributed by atoms with Crippen LogP contribution in [0.15, 0.2) is 47.6 Å². The van der Waals surface area contributed by atoms with E-state index < -0.39 is 5.97 Å². The number of amides is 2. The van der Waals surface area contributed by atoms with Crippen LogP contribution >= 0.6 is 11.8 Å². The van der Waals surface area contributed by atoms with E-state index in [9.17, 15) is 14.4 Å². The van der Waals surface area contributed by atoms with Gasteiger partial charge in [-0.1, -0.05) is 37.7 Å². The molecule has 2 amide bonds. The molecule has 0 unspecified atom stereocenters. The highest BCUT2D eigenvalue weighted by Gasteiger charge is 2.14. The maximum Gasteiger partial charge on any atom is 0.337 e. The summed E-state index contributed by atoms with van der Waals surface area (Å²) < 4.78 is 12.2. The smallest absolute Gasteiger partial charge is 0.337 e. The molecule has 0 aliphatic heterocycles. The Kier molecular flexibility index (Phi) is 9.67. The van der Waals surface area contributed by atoms with Crippen LogP contribution in [-0.4, -0.2) is 52.0 Å². The van der Waals surface area contributed by atoms with Crippen molar-refractivity contribution in [1.29, 1.82) is 0 Å². The Bertz CT molecular complexity index is 1260. The maximum atomic E-state index is 12.4. The molecule has 0 bridgehead atoms. The number of ether oxygens (including phenoxy) is 2. The predicted octanol–water partition coefficient (Wildman–Crippen LogP) is 3.46. The molecule has 0 saturated carbocycles. The van der Waals surface area contributed by atoms with Crippen molar-refractivity contribution in [2.45, 2.75) is 38.4 Å². The van der Waals surface area contributed by atoms with Crippen molar-refractivity contribution in [3.63, 3.8) is 0 Å². The third-order valence-electron chi connectivity index (χ3n) is 5.44. The Hall–Kier alpha value is -3.86. The first kappa shape index (κ1) is 27.7. The number of methoxy groups -OCH3 is 1. The van der Waals surface area contributed by atoms with Gasteiger partial charge in [0.05, 0.1) is 25.0 Å². The average Bonchev–Trinajstić information content (AvgIpc) is 3.23. The standard InChI is InChI=1S/C26H31N5O5S/c1-16(2)20-11-6-17(3)12-21(20)36-14-23(32)27-13-22-29-30-26(31(22)4)37-15-24(33)28-19-9-7-18(8-10-19)25(34)35-5/h6-12,16H,13-15H2,1-5H3,(H,27,32)(H,28,33). The number of carbonyl (C=O) groups excluding carboxylic acids is 3. The van der Waals surface area contributed by atoms with E-state index in [-0.39, 0.29) is 36.6 Å². The van der Waals surface area contributed by atoms with Crippen molar-refractivity contribution >= 4 is 35.2 Å². The number of nitrogens with one attached hydrogen (secondary N) is 2. The summed E-state index contributed by atoms with van der Waals surface area (Å²) >= 11 is 1.22. The lowest BCUT2D eigenvalue weighted by Crippen LogP contribution is -2.29. The lowest BCUT2D eigenvalue weighted by molar-refractivity contribution is -0.123. The zero-order chi connectivity index (χ0) is 26.9. The van der Waals surface area contributed by atoms with Gasteiger partial charge in [-0.3, -0.25) is 9.59 Å². The van der Waals surface area contributed by atoms with Crippen molar-refractivity contribution in [1.82, 2.24) is 20.1 Å². The first-order chi connectivity index (χ1) is 17.7. The second kappa shape index (κ2) is 12.9. The lowest BCUT2D eigenvalue weighted by Gasteiger charge is -2.14. The van der Waals surface area contributed by atoms with Gasteiger partial charge in [0.15, 0.2) is 17.6 Å². The number of benzene rings is 2. The van der Waals surface area contributed by atoms with E-state index in [1.165, 1.54) is 18.9 Å². The summed E-state index contributed by atoms with van der Waals surface area (Å²) in [7, 11) is 3.08. The Morgan fingerprint density at radius 3 is 2.46 bits per heavy atom. The summed E-state index contributed by atoms with van der Waals surface area (Å²) in [6.07, 6.45) is 0. The molecule has 10 nitrogen and oxygen atoms in total. The molecule has 2 aromatic carbocycles. The van der Waals surface area contributed by atoms with Crippen LogP contribution in [0.3, 0.4) is 0 Å². The van der Waals surface area contributed by atoms with Crippen LogP contribution in [0, 0.1) is 6.92 Å². The van der Waals surface area contributed by atoms with E-state index in [1.807, 2.05) is 25.1 Å². The number of hydrogen-bond acceptors (Lipinski definition) is 8. The number of hydrogen-bond donors (Lipinski definition) is 2. The number of nitrogens with zero attached hydrogens (tertiary/aromatic N) is 3. The summed E-state index contributed by atoms with van der Waals surface area (Å²) in [6.45, 7) is 6.20. The molecular weight excluding hydrogens is 494 g/mol. The topological polar surface area (TPSA) is 124 Å². The highest BCUT2D eigenvalue weighted by molar-refractivity contribution is 7.99. The molecule has 11 heteroatoms. The summed E-state index contributed by atoms with van der Waals surface area (Å²) in [5, 5.41) is 14.3. The van der Waals surface area contributed by atoms with E-state index in [1.54, 1.807) is 35.9 Å². The van der Waals surface area contributed by atoms with Gasteiger partial charge in [0.25, 0.3) is 5.91 Å². The maximum absolute atomic E-state index is 12.4. The molecule has 1 aromatic heterocycles. The average molecular weight is 526 g/mol. The van der Waals surface area contributed by atoms with Crippen LogP contribution in [0.5, 0.6) is 5.75 Å². The Morgan fingerprint density at radius 2 is 1.78 bits per heavy atom. The third-order valence-corrected chi connectivity index (χ3v) is 6.46. The zero-order valence-corrected chi connectivity index (χ0v) is 22.3. The van der Waals surface area contributed by atoms with Crippen LogP contribution in [0.2, 0.25) is 0 Å². The summed E-state index contributed by atoms with van der Waals surface area (Å²) in [5.74, 6) is 0.700. The first-order valence-corrected chi connectivity index (χ1v) is 12.7. The monoisotopic (exact) mass is 525 g/mol. The molecule has 3 rings (SSSR count). The lowest BCUT2D eigenvalue weighted by atomic mass is 10.0. The molecule has 1 heterocycles. The molecule has 3 aromatic rings. The van der Waals surface area contributed by atoms with Gasteiger partial charge in [-0.25, -0.2) is 4.79 Å². The van der Waals surface area contributed by atoms with Gasteiger partial charge in [0, 0.05) is 12.7 Å². The van der Waals surface area contributed by atoms with Gasteiger partial charge in [0.2, 0.25) is 5.91 Å². The van der Waals surface area contributed by atoms with Gasteiger partial charge in [-0.2, -0.15) is 0 Å². The zero-order valence-electron chi connectivity index (χ0n) is 21.5. The van der Waals surface area contributed by atoms with Crippen molar-refractivity contribution in [3.05, 3.63) is 65.0 Å². The number of thioether (sulfide) groups is 1. The molecule has 0 atom stereocenters. The van der Waals surface area contributed by atoms with Crippen molar-refractivity contribution in [2.24, 2.45) is 7.05 Å². The highest BCUT2D eigenvalue weighted by Crippen LogP contribution is 2.27. The number of rotatable bonds is 11. The van der Waals surface area contributed by atoms with Crippen LogP contribution < -0.4 is 15.4 Å². The number of aromatic nitrogens is 3. The highest BCUT2D eigenvalue weighted by atomic mass is 32.2. The normalized spacial score (nSPS) is 10.8. The minimum Gasteiger partial charge on any atom is -0.483 e. The SMILES string of the molecule is COC(=O)c1ccc(NC(=O)CSc2nnc(CNC(=O)COc3cc(C)ccc3C(C)C)n2C)cc1.